The minimum atomic E-state index is -1.65. The van der Waals surface area contributed by atoms with Crippen molar-refractivity contribution in [3.63, 3.8) is 0 Å². The Balaban J connectivity index is 2.35. The first kappa shape index (κ1) is 13.1. The molecule has 0 spiro atoms. The van der Waals surface area contributed by atoms with Gasteiger partial charge < -0.3 is 4.74 Å². The zero-order valence-electron chi connectivity index (χ0n) is 9.29. The predicted molar refractivity (Wildman–Crippen MR) is 57.7 cm³/mol. The Morgan fingerprint density at radius 2 is 1.47 bits per heavy atom. The van der Waals surface area contributed by atoms with E-state index in [-0.39, 0.29) is 0 Å². The van der Waals surface area contributed by atoms with Crippen LogP contribution in [0.2, 0.25) is 0 Å². The standard InChI is InChI=1S/C13H6F4O2/c14-8-4-2-1-3-7(8)13(18)19-12-10(16)6-5-9(15)11(12)17/h1-6H. The van der Waals surface area contributed by atoms with Gasteiger partial charge in [0, 0.05) is 0 Å². The van der Waals surface area contributed by atoms with Gasteiger partial charge in [0.05, 0.1) is 5.56 Å². The van der Waals surface area contributed by atoms with E-state index in [1.807, 2.05) is 0 Å². The van der Waals surface area contributed by atoms with E-state index < -0.39 is 40.6 Å². The summed E-state index contributed by atoms with van der Waals surface area (Å²) in [7, 11) is 0. The Hall–Kier alpha value is -2.37. The van der Waals surface area contributed by atoms with Gasteiger partial charge in [-0.05, 0) is 24.3 Å². The van der Waals surface area contributed by atoms with Crippen LogP contribution in [0.3, 0.4) is 0 Å². The minimum absolute atomic E-state index is 0.509. The quantitative estimate of drug-likeness (QED) is 0.361. The lowest BCUT2D eigenvalue weighted by molar-refractivity contribution is 0.0714. The number of rotatable bonds is 2. The maximum Gasteiger partial charge on any atom is 0.346 e. The molecule has 19 heavy (non-hydrogen) atoms. The zero-order chi connectivity index (χ0) is 14.0. The van der Waals surface area contributed by atoms with E-state index in [2.05, 4.69) is 4.74 Å². The molecule has 0 unspecified atom stereocenters. The summed E-state index contributed by atoms with van der Waals surface area (Å²) >= 11 is 0. The fraction of sp³-hybridized carbons (Fsp3) is 0. The van der Waals surface area contributed by atoms with E-state index in [1.54, 1.807) is 0 Å². The van der Waals surface area contributed by atoms with Crippen LogP contribution in [-0.2, 0) is 0 Å². The van der Waals surface area contributed by atoms with E-state index in [9.17, 15) is 22.4 Å². The molecule has 0 heterocycles. The fourth-order valence-electron chi connectivity index (χ4n) is 1.38. The minimum Gasteiger partial charge on any atom is -0.416 e. The number of carbonyl (C=O) groups is 1. The Morgan fingerprint density at radius 1 is 0.842 bits per heavy atom. The van der Waals surface area contributed by atoms with Crippen LogP contribution in [0.1, 0.15) is 10.4 Å². The van der Waals surface area contributed by atoms with Gasteiger partial charge in [-0.1, -0.05) is 12.1 Å². The van der Waals surface area contributed by atoms with Crippen LogP contribution in [0, 0.1) is 23.3 Å². The number of halogens is 4. The van der Waals surface area contributed by atoms with E-state index in [4.69, 9.17) is 0 Å². The van der Waals surface area contributed by atoms with Crippen molar-refractivity contribution >= 4 is 5.97 Å². The molecule has 0 bridgehead atoms. The first-order chi connectivity index (χ1) is 9.00. The SMILES string of the molecule is O=C(Oc1c(F)ccc(F)c1F)c1ccccc1F. The van der Waals surface area contributed by atoms with Crippen molar-refractivity contribution in [1.82, 2.24) is 0 Å². The molecule has 0 aliphatic carbocycles. The van der Waals surface area contributed by atoms with Crippen LogP contribution in [0.4, 0.5) is 17.6 Å². The van der Waals surface area contributed by atoms with Crippen LogP contribution >= 0.6 is 0 Å². The van der Waals surface area contributed by atoms with Gasteiger partial charge in [0.2, 0.25) is 11.6 Å². The molecule has 6 heteroatoms. The monoisotopic (exact) mass is 270 g/mol. The van der Waals surface area contributed by atoms with Crippen LogP contribution < -0.4 is 4.74 Å². The van der Waals surface area contributed by atoms with Crippen LogP contribution in [-0.4, -0.2) is 5.97 Å². The smallest absolute Gasteiger partial charge is 0.346 e. The van der Waals surface area contributed by atoms with Crippen LogP contribution in [0.25, 0.3) is 0 Å². The van der Waals surface area contributed by atoms with Crippen molar-refractivity contribution in [3.05, 3.63) is 65.2 Å². The van der Waals surface area contributed by atoms with E-state index >= 15 is 0 Å². The molecule has 2 aromatic carbocycles. The number of esters is 1. The molecule has 0 N–H and O–H groups in total. The molecule has 0 aliphatic heterocycles. The maximum atomic E-state index is 13.3. The van der Waals surface area contributed by atoms with Gasteiger partial charge >= 0.3 is 5.97 Å². The van der Waals surface area contributed by atoms with Crippen molar-refractivity contribution in [1.29, 1.82) is 0 Å². The van der Waals surface area contributed by atoms with Crippen molar-refractivity contribution in [2.45, 2.75) is 0 Å². The lowest BCUT2D eigenvalue weighted by Crippen LogP contribution is -2.13. The summed E-state index contributed by atoms with van der Waals surface area (Å²) < 4.78 is 57.0. The summed E-state index contributed by atoms with van der Waals surface area (Å²) in [5, 5.41) is 0. The molecule has 2 aromatic rings. The number of benzene rings is 2. The van der Waals surface area contributed by atoms with Crippen LogP contribution in [0.15, 0.2) is 36.4 Å². The summed E-state index contributed by atoms with van der Waals surface area (Å²) in [6, 6.07) is 5.88. The van der Waals surface area contributed by atoms with Gasteiger partial charge in [-0.25, -0.2) is 18.0 Å². The molecule has 0 saturated carbocycles. The number of ether oxygens (including phenoxy) is 1. The molecule has 0 saturated heterocycles. The lowest BCUT2D eigenvalue weighted by atomic mass is 10.2. The molecule has 98 valence electrons. The van der Waals surface area contributed by atoms with Crippen molar-refractivity contribution in [2.24, 2.45) is 0 Å². The molecule has 2 nitrogen and oxygen atoms in total. The summed E-state index contributed by atoms with van der Waals surface area (Å²) in [5.41, 5.74) is -0.509. The number of carbonyl (C=O) groups excluding carboxylic acids is 1. The van der Waals surface area contributed by atoms with Gasteiger partial charge in [-0.2, -0.15) is 4.39 Å². The Labute approximate surface area is 105 Å². The van der Waals surface area contributed by atoms with Crippen molar-refractivity contribution < 1.29 is 27.1 Å². The average Bonchev–Trinajstić information content (AvgIpc) is 2.39. The third kappa shape index (κ3) is 2.57. The second-order valence-corrected chi connectivity index (χ2v) is 3.54. The van der Waals surface area contributed by atoms with Gasteiger partial charge in [-0.3, -0.25) is 0 Å². The Kier molecular flexibility index (Phi) is 3.50. The summed E-state index contributed by atoms with van der Waals surface area (Å²) in [6.45, 7) is 0. The molecule has 0 fully saturated rings. The Bertz CT molecular complexity index is 641. The van der Waals surface area contributed by atoms with Crippen molar-refractivity contribution in [2.75, 3.05) is 0 Å². The van der Waals surface area contributed by atoms with Gasteiger partial charge in [0.25, 0.3) is 0 Å². The molecule has 0 aromatic heterocycles. The highest BCUT2D eigenvalue weighted by atomic mass is 19.2. The van der Waals surface area contributed by atoms with E-state index in [0.717, 1.165) is 12.1 Å². The highest BCUT2D eigenvalue weighted by molar-refractivity contribution is 5.91. The highest BCUT2D eigenvalue weighted by Crippen LogP contribution is 2.25. The number of hydrogen-bond acceptors (Lipinski definition) is 2. The van der Waals surface area contributed by atoms with E-state index in [0.29, 0.717) is 12.1 Å². The molecule has 0 aliphatic rings. The van der Waals surface area contributed by atoms with Crippen molar-refractivity contribution in [3.8, 4) is 5.75 Å². The molecule has 0 radical (unpaired) electrons. The number of hydrogen-bond donors (Lipinski definition) is 0. The Morgan fingerprint density at radius 3 is 2.16 bits per heavy atom. The van der Waals surface area contributed by atoms with E-state index in [1.165, 1.54) is 12.1 Å². The van der Waals surface area contributed by atoms with Gasteiger partial charge in [0.1, 0.15) is 5.82 Å². The van der Waals surface area contributed by atoms with Crippen LogP contribution in [0.5, 0.6) is 5.75 Å². The van der Waals surface area contributed by atoms with Gasteiger partial charge in [-0.15, -0.1) is 0 Å². The molecule has 0 atom stereocenters. The molecular weight excluding hydrogens is 264 g/mol. The fourth-order valence-corrected chi connectivity index (χ4v) is 1.38. The molecular formula is C13H6F4O2. The lowest BCUT2D eigenvalue weighted by Gasteiger charge is -2.07. The second-order valence-electron chi connectivity index (χ2n) is 3.54. The summed E-state index contributed by atoms with van der Waals surface area (Å²) in [6.07, 6.45) is 0. The largest absolute Gasteiger partial charge is 0.416 e. The molecule has 0 amide bonds. The van der Waals surface area contributed by atoms with Gasteiger partial charge in [0.15, 0.2) is 11.6 Å². The normalized spacial score (nSPS) is 10.3. The second kappa shape index (κ2) is 5.09. The highest BCUT2D eigenvalue weighted by Gasteiger charge is 2.21. The topological polar surface area (TPSA) is 26.3 Å². The third-order valence-corrected chi connectivity index (χ3v) is 2.29. The maximum absolute atomic E-state index is 13.3. The first-order valence-corrected chi connectivity index (χ1v) is 5.11. The zero-order valence-corrected chi connectivity index (χ0v) is 9.29. The third-order valence-electron chi connectivity index (χ3n) is 2.29. The average molecular weight is 270 g/mol. The summed E-state index contributed by atoms with van der Waals surface area (Å²) in [4.78, 5) is 11.5. The summed E-state index contributed by atoms with van der Waals surface area (Å²) in [5.74, 6) is -7.72. The first-order valence-electron chi connectivity index (χ1n) is 5.11. The predicted octanol–water partition coefficient (Wildman–Crippen LogP) is 3.46. The molecule has 2 rings (SSSR count).